The highest BCUT2D eigenvalue weighted by atomic mass is 19.3. The number of ether oxygens (including phenoxy) is 2. The number of nitrogens with zero attached hydrogens (tertiary/aromatic N) is 1. The van der Waals surface area contributed by atoms with E-state index in [-0.39, 0.29) is 18.3 Å². The molecule has 0 spiro atoms. The maximum absolute atomic E-state index is 13.4. The number of alkyl halides is 4. The third-order valence-electron chi connectivity index (χ3n) is 5.73. The topological polar surface area (TPSA) is 41.9 Å². The average molecular weight is 475 g/mol. The fourth-order valence-corrected chi connectivity index (χ4v) is 4.14. The third kappa shape index (κ3) is 5.80. The number of para-hydroxylation sites is 1. The molecule has 4 nitrogen and oxygen atoms in total. The highest BCUT2D eigenvalue weighted by molar-refractivity contribution is 5.53. The summed E-state index contributed by atoms with van der Waals surface area (Å²) in [7, 11) is 0. The summed E-state index contributed by atoms with van der Waals surface area (Å²) in [6.45, 7) is 0.258. The van der Waals surface area contributed by atoms with Crippen molar-refractivity contribution < 1.29 is 32.1 Å². The Labute approximate surface area is 195 Å². The zero-order valence-corrected chi connectivity index (χ0v) is 18.3. The Morgan fingerprint density at radius 3 is 2.29 bits per heavy atom. The molecule has 0 radical (unpaired) electrons. The smallest absolute Gasteiger partial charge is 0.457 e. The first kappa shape index (κ1) is 23.9. The summed E-state index contributed by atoms with van der Waals surface area (Å²) in [4.78, 5) is 1.99. The molecule has 0 heterocycles. The molecule has 1 aliphatic carbocycles. The van der Waals surface area contributed by atoms with Crippen LogP contribution in [-0.2, 0) is 6.54 Å². The van der Waals surface area contributed by atoms with Gasteiger partial charge in [-0.25, -0.2) is 0 Å². The summed E-state index contributed by atoms with van der Waals surface area (Å²) in [6.07, 6.45) is -6.81. The Balaban J connectivity index is 1.60. The highest BCUT2D eigenvalue weighted by Crippen LogP contribution is 2.34. The Kier molecular flexibility index (Phi) is 7.26. The molecule has 180 valence electrons. The van der Waals surface area contributed by atoms with Crippen LogP contribution in [0.2, 0.25) is 0 Å². The third-order valence-corrected chi connectivity index (χ3v) is 5.73. The second-order valence-electron chi connectivity index (χ2n) is 8.22. The lowest BCUT2D eigenvalue weighted by Gasteiger charge is -2.33. The molecule has 0 aliphatic heterocycles. The minimum absolute atomic E-state index is 0.195. The van der Waals surface area contributed by atoms with Crippen LogP contribution in [0.25, 0.3) is 0 Å². The Bertz CT molecular complexity index is 1080. The van der Waals surface area contributed by atoms with Gasteiger partial charge in [-0.15, -0.1) is 0 Å². The molecule has 3 aromatic rings. The van der Waals surface area contributed by atoms with Crippen LogP contribution in [0.15, 0.2) is 78.9 Å². The molecule has 34 heavy (non-hydrogen) atoms. The van der Waals surface area contributed by atoms with Gasteiger partial charge in [0, 0.05) is 18.3 Å². The van der Waals surface area contributed by atoms with Crippen LogP contribution in [-0.4, -0.2) is 29.8 Å². The second kappa shape index (κ2) is 10.3. The van der Waals surface area contributed by atoms with Gasteiger partial charge in [-0.2, -0.15) is 17.6 Å². The Morgan fingerprint density at radius 1 is 0.882 bits per heavy atom. The maximum Gasteiger partial charge on any atom is 0.461 e. The van der Waals surface area contributed by atoms with E-state index in [1.54, 1.807) is 6.07 Å². The van der Waals surface area contributed by atoms with E-state index >= 15 is 0 Å². The van der Waals surface area contributed by atoms with Crippen LogP contribution in [0, 0.1) is 0 Å². The Morgan fingerprint density at radius 2 is 1.59 bits per heavy atom. The molecule has 0 aromatic heterocycles. The first-order chi connectivity index (χ1) is 16.3. The van der Waals surface area contributed by atoms with Gasteiger partial charge in [0.15, 0.2) is 0 Å². The predicted molar refractivity (Wildman–Crippen MR) is 121 cm³/mol. The summed E-state index contributed by atoms with van der Waals surface area (Å²) in [5, 5.41) is 10.6. The molecule has 1 saturated carbocycles. The molecule has 4 rings (SSSR count). The lowest BCUT2D eigenvalue weighted by atomic mass is 10.1. The molecule has 0 bridgehead atoms. The summed E-state index contributed by atoms with van der Waals surface area (Å²) >= 11 is 0. The highest BCUT2D eigenvalue weighted by Gasteiger charge is 2.44. The predicted octanol–water partition coefficient (Wildman–Crippen LogP) is 6.64. The molecule has 1 aliphatic rings. The van der Waals surface area contributed by atoms with Gasteiger partial charge in [-0.05, 0) is 61.2 Å². The van der Waals surface area contributed by atoms with E-state index < -0.39 is 18.6 Å². The number of halogens is 4. The van der Waals surface area contributed by atoms with E-state index in [1.165, 1.54) is 18.2 Å². The monoisotopic (exact) mass is 475 g/mol. The van der Waals surface area contributed by atoms with Crippen molar-refractivity contribution >= 4 is 5.69 Å². The van der Waals surface area contributed by atoms with Crippen molar-refractivity contribution in [1.29, 1.82) is 0 Å². The first-order valence-electron chi connectivity index (χ1n) is 11.0. The lowest BCUT2D eigenvalue weighted by molar-refractivity contribution is -0.253. The number of rotatable bonds is 9. The minimum Gasteiger partial charge on any atom is -0.457 e. The molecule has 1 N–H and O–H groups in total. The van der Waals surface area contributed by atoms with E-state index in [2.05, 4.69) is 4.74 Å². The first-order valence-corrected chi connectivity index (χ1v) is 11.0. The average Bonchev–Trinajstić information content (AvgIpc) is 3.24. The van der Waals surface area contributed by atoms with Crippen LogP contribution in [0.5, 0.6) is 17.2 Å². The number of benzene rings is 3. The number of hydrogen-bond donors (Lipinski definition) is 1. The van der Waals surface area contributed by atoms with Crippen molar-refractivity contribution in [3.8, 4) is 17.2 Å². The molecule has 0 saturated heterocycles. The molecular weight excluding hydrogens is 450 g/mol. The molecule has 8 heteroatoms. The van der Waals surface area contributed by atoms with E-state index in [1.807, 2.05) is 59.5 Å². The van der Waals surface area contributed by atoms with Gasteiger partial charge >= 0.3 is 12.5 Å². The van der Waals surface area contributed by atoms with Gasteiger partial charge in [0.25, 0.3) is 0 Å². The number of aliphatic hydroxyl groups is 1. The standard InChI is InChI=1S/C26H25F4NO3/c27-25(28)26(29,30)34-22-12-4-7-18(15-22)17-31(23-13-6-14-24(23)32)19-8-5-11-21(16-19)33-20-9-2-1-3-10-20/h1-5,7-12,15-16,23-25,32H,6,13-14,17H2. The van der Waals surface area contributed by atoms with E-state index in [0.29, 0.717) is 23.5 Å². The zero-order chi connectivity index (χ0) is 24.1. The van der Waals surface area contributed by atoms with Crippen LogP contribution < -0.4 is 14.4 Å². The van der Waals surface area contributed by atoms with Crippen molar-refractivity contribution in [3.63, 3.8) is 0 Å². The molecular formula is C26H25F4NO3. The second-order valence-corrected chi connectivity index (χ2v) is 8.22. The fraction of sp³-hybridized carbons (Fsp3) is 0.308. The van der Waals surface area contributed by atoms with Gasteiger partial charge < -0.3 is 19.5 Å². The van der Waals surface area contributed by atoms with Crippen molar-refractivity contribution in [3.05, 3.63) is 84.4 Å². The normalized spacial score (nSPS) is 18.2. The minimum atomic E-state index is -4.58. The van der Waals surface area contributed by atoms with Crippen LogP contribution in [0.4, 0.5) is 23.2 Å². The largest absolute Gasteiger partial charge is 0.461 e. The van der Waals surface area contributed by atoms with Crippen LogP contribution in [0.1, 0.15) is 24.8 Å². The van der Waals surface area contributed by atoms with Gasteiger partial charge in [0.1, 0.15) is 17.2 Å². The number of aliphatic hydroxyl groups excluding tert-OH is 1. The SMILES string of the molecule is OC1CCCC1N(Cc1cccc(OC(F)(F)C(F)F)c1)c1cccc(Oc2ccccc2)c1. The number of hydrogen-bond acceptors (Lipinski definition) is 4. The zero-order valence-electron chi connectivity index (χ0n) is 18.3. The van der Waals surface area contributed by atoms with E-state index in [0.717, 1.165) is 18.5 Å². The van der Waals surface area contributed by atoms with Gasteiger partial charge in [-0.1, -0.05) is 36.4 Å². The molecule has 1 fully saturated rings. The van der Waals surface area contributed by atoms with Crippen molar-refractivity contribution in [2.45, 2.75) is 50.5 Å². The van der Waals surface area contributed by atoms with Crippen LogP contribution >= 0.6 is 0 Å². The van der Waals surface area contributed by atoms with Crippen molar-refractivity contribution in [1.82, 2.24) is 0 Å². The van der Waals surface area contributed by atoms with Gasteiger partial charge in [0.2, 0.25) is 0 Å². The summed E-state index contributed by atoms with van der Waals surface area (Å²) in [5.74, 6) is 0.933. The number of anilines is 1. The molecule has 2 unspecified atom stereocenters. The van der Waals surface area contributed by atoms with Gasteiger partial charge in [-0.3, -0.25) is 0 Å². The summed E-state index contributed by atoms with van der Waals surface area (Å²) < 4.78 is 62.1. The summed E-state index contributed by atoms with van der Waals surface area (Å²) in [5.41, 5.74) is 1.36. The fourth-order valence-electron chi connectivity index (χ4n) is 4.14. The van der Waals surface area contributed by atoms with Crippen molar-refractivity contribution in [2.75, 3.05) is 4.90 Å². The quantitative estimate of drug-likeness (QED) is 0.353. The molecule has 3 aromatic carbocycles. The van der Waals surface area contributed by atoms with Gasteiger partial charge in [0.05, 0.1) is 12.1 Å². The summed E-state index contributed by atoms with van der Waals surface area (Å²) in [6, 6.07) is 22.2. The van der Waals surface area contributed by atoms with Crippen LogP contribution in [0.3, 0.4) is 0 Å². The molecule has 0 amide bonds. The maximum atomic E-state index is 13.4. The van der Waals surface area contributed by atoms with Crippen molar-refractivity contribution in [2.24, 2.45) is 0 Å². The van der Waals surface area contributed by atoms with E-state index in [4.69, 9.17) is 4.74 Å². The molecule has 2 atom stereocenters. The Hall–Kier alpha value is -3.26. The lowest BCUT2D eigenvalue weighted by Crippen LogP contribution is -2.40. The van der Waals surface area contributed by atoms with E-state index in [9.17, 15) is 22.7 Å².